The van der Waals surface area contributed by atoms with Crippen LogP contribution in [0.25, 0.3) is 0 Å². The van der Waals surface area contributed by atoms with Gasteiger partial charge in [0, 0.05) is 12.5 Å². The number of hydrogen-bond acceptors (Lipinski definition) is 3. The van der Waals surface area contributed by atoms with E-state index in [4.69, 9.17) is 0 Å². The van der Waals surface area contributed by atoms with Gasteiger partial charge in [-0.3, -0.25) is 10.1 Å². The van der Waals surface area contributed by atoms with Crippen molar-refractivity contribution in [1.29, 1.82) is 0 Å². The molecule has 0 aromatic heterocycles. The van der Waals surface area contributed by atoms with Crippen LogP contribution in [0.15, 0.2) is 18.2 Å². The van der Waals surface area contributed by atoms with E-state index in [9.17, 15) is 19.6 Å². The third-order valence-corrected chi connectivity index (χ3v) is 2.57. The number of nitro benzene ring substituents is 1. The molecule has 2 rings (SSSR count). The molecule has 1 aliphatic rings. The van der Waals surface area contributed by atoms with Crippen LogP contribution in [-0.4, -0.2) is 15.6 Å². The average Bonchev–Trinajstić information content (AvgIpc) is 2.82. The van der Waals surface area contributed by atoms with Gasteiger partial charge in [0.2, 0.25) is 5.82 Å². The van der Waals surface area contributed by atoms with Gasteiger partial charge < -0.3 is 5.11 Å². The van der Waals surface area contributed by atoms with E-state index < -0.39 is 22.0 Å². The van der Waals surface area contributed by atoms with Gasteiger partial charge in [-0.1, -0.05) is 6.07 Å². The fourth-order valence-corrected chi connectivity index (χ4v) is 1.51. The van der Waals surface area contributed by atoms with Gasteiger partial charge in [0.05, 0.1) is 10.5 Å². The topological polar surface area (TPSA) is 63.4 Å². The maximum absolute atomic E-state index is 13.2. The molecule has 1 aromatic carbocycles. The Morgan fingerprint density at radius 1 is 1.53 bits per heavy atom. The van der Waals surface area contributed by atoms with Gasteiger partial charge in [0.25, 0.3) is 0 Å². The van der Waals surface area contributed by atoms with E-state index in [1.807, 2.05) is 0 Å². The lowest BCUT2D eigenvalue weighted by Crippen LogP contribution is -2.10. The highest BCUT2D eigenvalue weighted by Gasteiger charge is 2.40. The van der Waals surface area contributed by atoms with Gasteiger partial charge in [-0.15, -0.1) is 0 Å². The second-order valence-corrected chi connectivity index (χ2v) is 3.94. The first-order chi connectivity index (χ1) is 7.00. The Hall–Kier alpha value is -1.49. The summed E-state index contributed by atoms with van der Waals surface area (Å²) in [7, 11) is 0. The van der Waals surface area contributed by atoms with E-state index in [1.54, 1.807) is 0 Å². The molecule has 0 amide bonds. The fraction of sp³-hybridized carbons (Fsp3) is 0.400. The predicted octanol–water partition coefficient (Wildman–Crippen LogP) is 1.80. The van der Waals surface area contributed by atoms with E-state index >= 15 is 0 Å². The van der Waals surface area contributed by atoms with Crippen LogP contribution in [0.3, 0.4) is 0 Å². The summed E-state index contributed by atoms with van der Waals surface area (Å²) >= 11 is 0. The molecule has 5 heteroatoms. The Kier molecular flexibility index (Phi) is 2.19. The van der Waals surface area contributed by atoms with Crippen LogP contribution in [0.4, 0.5) is 10.1 Å². The highest BCUT2D eigenvalue weighted by Crippen LogP contribution is 2.38. The van der Waals surface area contributed by atoms with Gasteiger partial charge >= 0.3 is 5.69 Å². The van der Waals surface area contributed by atoms with Crippen LogP contribution in [0.2, 0.25) is 0 Å². The average molecular weight is 211 g/mol. The predicted molar refractivity (Wildman–Crippen MR) is 50.9 cm³/mol. The fourth-order valence-electron chi connectivity index (χ4n) is 1.51. The first kappa shape index (κ1) is 10.0. The maximum Gasteiger partial charge on any atom is 0.304 e. The van der Waals surface area contributed by atoms with Crippen molar-refractivity contribution in [3.8, 4) is 0 Å². The molecule has 4 nitrogen and oxygen atoms in total. The minimum Gasteiger partial charge on any atom is -0.390 e. The minimum atomic E-state index is -0.846. The summed E-state index contributed by atoms with van der Waals surface area (Å²) in [4.78, 5) is 9.59. The molecule has 0 aliphatic heterocycles. The molecule has 1 fully saturated rings. The lowest BCUT2D eigenvalue weighted by molar-refractivity contribution is -0.387. The molecule has 1 saturated carbocycles. The van der Waals surface area contributed by atoms with Crippen LogP contribution in [0.5, 0.6) is 0 Å². The molecule has 0 heterocycles. The van der Waals surface area contributed by atoms with Gasteiger partial charge in [-0.2, -0.15) is 4.39 Å². The molecule has 1 N–H and O–H groups in total. The summed E-state index contributed by atoms with van der Waals surface area (Å²) in [5.74, 6) is -0.846. The molecule has 0 bridgehead atoms. The highest BCUT2D eigenvalue weighted by atomic mass is 19.1. The molecule has 15 heavy (non-hydrogen) atoms. The quantitative estimate of drug-likeness (QED) is 0.612. The number of benzene rings is 1. The van der Waals surface area contributed by atoms with Gasteiger partial charge in [0.1, 0.15) is 0 Å². The van der Waals surface area contributed by atoms with E-state index in [1.165, 1.54) is 6.07 Å². The van der Waals surface area contributed by atoms with Crippen molar-refractivity contribution in [2.75, 3.05) is 0 Å². The van der Waals surface area contributed by atoms with Crippen LogP contribution in [0.1, 0.15) is 18.4 Å². The van der Waals surface area contributed by atoms with Crippen molar-refractivity contribution in [2.24, 2.45) is 0 Å². The summed E-state index contributed by atoms with van der Waals surface area (Å²) in [6, 6.07) is 3.74. The monoisotopic (exact) mass is 211 g/mol. The molecular formula is C10H10FNO3. The van der Waals surface area contributed by atoms with E-state index in [-0.39, 0.29) is 0 Å². The second-order valence-electron chi connectivity index (χ2n) is 3.94. The molecule has 0 unspecified atom stereocenters. The lowest BCUT2D eigenvalue weighted by atomic mass is 10.1. The van der Waals surface area contributed by atoms with Crippen molar-refractivity contribution < 1.29 is 14.4 Å². The third kappa shape index (κ3) is 2.12. The molecule has 0 spiro atoms. The molecule has 1 aromatic rings. The smallest absolute Gasteiger partial charge is 0.304 e. The zero-order valence-electron chi connectivity index (χ0n) is 7.94. The summed E-state index contributed by atoms with van der Waals surface area (Å²) in [6.45, 7) is 0. The van der Waals surface area contributed by atoms with Crippen molar-refractivity contribution >= 4 is 5.69 Å². The van der Waals surface area contributed by atoms with Gasteiger partial charge in [0.15, 0.2) is 0 Å². The van der Waals surface area contributed by atoms with Crippen LogP contribution in [-0.2, 0) is 6.42 Å². The van der Waals surface area contributed by atoms with E-state index in [2.05, 4.69) is 0 Å². The third-order valence-electron chi connectivity index (χ3n) is 2.57. The summed E-state index contributed by atoms with van der Waals surface area (Å²) in [5.41, 5.74) is -0.637. The Morgan fingerprint density at radius 2 is 2.20 bits per heavy atom. The van der Waals surface area contributed by atoms with Crippen molar-refractivity contribution in [3.63, 3.8) is 0 Å². The zero-order chi connectivity index (χ0) is 11.1. The molecule has 0 saturated heterocycles. The van der Waals surface area contributed by atoms with Crippen molar-refractivity contribution in [3.05, 3.63) is 39.7 Å². The summed E-state index contributed by atoms with van der Waals surface area (Å²) < 4.78 is 13.2. The Bertz CT molecular complexity index is 415. The van der Waals surface area contributed by atoms with Crippen molar-refractivity contribution in [2.45, 2.75) is 24.9 Å². The number of nitro groups is 1. The Labute approximate surface area is 85.5 Å². The lowest BCUT2D eigenvalue weighted by Gasteiger charge is -2.06. The molecule has 0 atom stereocenters. The van der Waals surface area contributed by atoms with Crippen molar-refractivity contribution in [1.82, 2.24) is 0 Å². The standard InChI is InChI=1S/C10H10FNO3/c11-8-5-7(6-10(13)3-4-10)1-2-9(8)12(14)15/h1-2,5,13H,3-4,6H2. The molecular weight excluding hydrogens is 201 g/mol. The molecule has 0 radical (unpaired) electrons. The largest absolute Gasteiger partial charge is 0.390 e. The SMILES string of the molecule is O=[N+]([O-])c1ccc(CC2(O)CC2)cc1F. The zero-order valence-corrected chi connectivity index (χ0v) is 7.94. The number of rotatable bonds is 3. The summed E-state index contributed by atoms with van der Waals surface area (Å²) in [5, 5.41) is 19.9. The van der Waals surface area contributed by atoms with Gasteiger partial charge in [-0.05, 0) is 24.5 Å². The maximum atomic E-state index is 13.2. The number of aliphatic hydroxyl groups is 1. The summed E-state index contributed by atoms with van der Waals surface area (Å²) in [6.07, 6.45) is 1.79. The Morgan fingerprint density at radius 3 is 2.67 bits per heavy atom. The van der Waals surface area contributed by atoms with Crippen LogP contribution < -0.4 is 0 Å². The normalized spacial score (nSPS) is 17.5. The Balaban J connectivity index is 2.21. The molecule has 80 valence electrons. The highest BCUT2D eigenvalue weighted by molar-refractivity contribution is 5.35. The van der Waals surface area contributed by atoms with Crippen LogP contribution >= 0.6 is 0 Å². The second kappa shape index (κ2) is 3.27. The van der Waals surface area contributed by atoms with Gasteiger partial charge in [-0.25, -0.2) is 0 Å². The number of hydrogen-bond donors (Lipinski definition) is 1. The van der Waals surface area contributed by atoms with E-state index in [0.717, 1.165) is 12.1 Å². The number of halogens is 1. The number of nitrogens with zero attached hydrogens (tertiary/aromatic N) is 1. The minimum absolute atomic E-state index is 0.363. The first-order valence-corrected chi connectivity index (χ1v) is 4.65. The van der Waals surface area contributed by atoms with Crippen LogP contribution in [0, 0.1) is 15.9 Å². The van der Waals surface area contributed by atoms with E-state index in [0.29, 0.717) is 24.8 Å². The first-order valence-electron chi connectivity index (χ1n) is 4.65. The molecule has 1 aliphatic carbocycles.